The van der Waals surface area contributed by atoms with Crippen LogP contribution < -0.4 is 20.1 Å². The Hall–Kier alpha value is -2.73. The third-order valence-corrected chi connectivity index (χ3v) is 3.66. The maximum Gasteiger partial charge on any atom is 0.233 e. The second kappa shape index (κ2) is 8.94. The summed E-state index contributed by atoms with van der Waals surface area (Å²) in [6, 6.07) is 12.1. The van der Waals surface area contributed by atoms with Gasteiger partial charge < -0.3 is 20.1 Å². The van der Waals surface area contributed by atoms with Crippen LogP contribution in [0.1, 0.15) is 12.0 Å². The molecule has 2 aromatic rings. The van der Waals surface area contributed by atoms with E-state index in [1.165, 1.54) is 14.2 Å². The van der Waals surface area contributed by atoms with Crippen LogP contribution in [-0.4, -0.2) is 26.0 Å². The van der Waals surface area contributed by atoms with E-state index >= 15 is 0 Å². The van der Waals surface area contributed by atoms with Gasteiger partial charge >= 0.3 is 0 Å². The van der Waals surface area contributed by atoms with Gasteiger partial charge in [0, 0.05) is 17.6 Å². The molecule has 0 saturated carbocycles. The van der Waals surface area contributed by atoms with Crippen LogP contribution in [0.3, 0.4) is 0 Å². The van der Waals surface area contributed by atoms with E-state index in [1.54, 1.807) is 30.3 Å². The Kier molecular flexibility index (Phi) is 6.65. The molecular weight excluding hydrogens is 344 g/mol. The molecule has 2 N–H and O–H groups in total. The van der Waals surface area contributed by atoms with Gasteiger partial charge in [-0.3, -0.25) is 9.59 Å². The molecule has 6 nitrogen and oxygen atoms in total. The van der Waals surface area contributed by atoms with Gasteiger partial charge in [0.25, 0.3) is 0 Å². The Bertz CT molecular complexity index is 747. The van der Waals surface area contributed by atoms with Crippen molar-refractivity contribution in [3.05, 3.63) is 53.1 Å². The molecular formula is C18H19ClN2O4. The molecule has 2 amide bonds. The summed E-state index contributed by atoms with van der Waals surface area (Å²) >= 11 is 5.81. The van der Waals surface area contributed by atoms with Gasteiger partial charge in [-0.1, -0.05) is 23.7 Å². The standard InChI is InChI=1S/C18H19ClN2O4/c1-24-14-7-8-16(25-2)15(9-14)21-18(23)10-17(22)20-11-12-3-5-13(19)6-4-12/h3-9H,10-11H2,1-2H3,(H,20,22)(H,21,23). The van der Waals surface area contributed by atoms with E-state index in [4.69, 9.17) is 21.1 Å². The predicted molar refractivity (Wildman–Crippen MR) is 96.1 cm³/mol. The number of benzene rings is 2. The van der Waals surface area contributed by atoms with Crippen molar-refractivity contribution in [1.29, 1.82) is 0 Å². The molecule has 2 rings (SSSR count). The van der Waals surface area contributed by atoms with E-state index in [1.807, 2.05) is 12.1 Å². The fourth-order valence-corrected chi connectivity index (χ4v) is 2.24. The zero-order chi connectivity index (χ0) is 18.2. The number of rotatable bonds is 7. The lowest BCUT2D eigenvalue weighted by atomic mass is 10.2. The number of halogens is 1. The fraction of sp³-hybridized carbons (Fsp3) is 0.222. The van der Waals surface area contributed by atoms with Gasteiger partial charge in [-0.05, 0) is 29.8 Å². The number of amides is 2. The molecule has 0 heterocycles. The topological polar surface area (TPSA) is 76.7 Å². The molecule has 7 heteroatoms. The van der Waals surface area contributed by atoms with Crippen LogP contribution in [0.5, 0.6) is 11.5 Å². The average Bonchev–Trinajstić information content (AvgIpc) is 2.61. The summed E-state index contributed by atoms with van der Waals surface area (Å²) in [7, 11) is 3.02. The van der Waals surface area contributed by atoms with E-state index in [-0.39, 0.29) is 12.3 Å². The van der Waals surface area contributed by atoms with Gasteiger partial charge in [0.1, 0.15) is 17.9 Å². The lowest BCUT2D eigenvalue weighted by Crippen LogP contribution is -2.27. The first-order valence-electron chi connectivity index (χ1n) is 7.55. The van der Waals surface area contributed by atoms with E-state index in [0.717, 1.165) is 5.56 Å². The molecule has 0 spiro atoms. The summed E-state index contributed by atoms with van der Waals surface area (Å²) in [4.78, 5) is 24.0. The van der Waals surface area contributed by atoms with E-state index in [9.17, 15) is 9.59 Å². The Morgan fingerprint density at radius 3 is 2.36 bits per heavy atom. The molecule has 0 atom stereocenters. The van der Waals surface area contributed by atoms with Crippen LogP contribution in [0.25, 0.3) is 0 Å². The van der Waals surface area contributed by atoms with Crippen molar-refractivity contribution in [2.45, 2.75) is 13.0 Å². The first kappa shape index (κ1) is 18.6. The number of hydrogen-bond acceptors (Lipinski definition) is 4. The van der Waals surface area contributed by atoms with Gasteiger partial charge in [-0.25, -0.2) is 0 Å². The van der Waals surface area contributed by atoms with Gasteiger partial charge in [0.05, 0.1) is 19.9 Å². The minimum Gasteiger partial charge on any atom is -0.497 e. The van der Waals surface area contributed by atoms with Gasteiger partial charge in [-0.15, -0.1) is 0 Å². The van der Waals surface area contributed by atoms with Crippen molar-refractivity contribution in [1.82, 2.24) is 5.32 Å². The Morgan fingerprint density at radius 2 is 1.72 bits per heavy atom. The van der Waals surface area contributed by atoms with Crippen molar-refractivity contribution >= 4 is 29.1 Å². The van der Waals surface area contributed by atoms with Crippen molar-refractivity contribution in [3.8, 4) is 11.5 Å². The highest BCUT2D eigenvalue weighted by Gasteiger charge is 2.13. The summed E-state index contributed by atoms with van der Waals surface area (Å²) in [6.07, 6.45) is -0.298. The Labute approximate surface area is 151 Å². The maximum absolute atomic E-state index is 12.1. The second-order valence-corrected chi connectivity index (χ2v) is 5.63. The first-order chi connectivity index (χ1) is 12.0. The third-order valence-electron chi connectivity index (χ3n) is 3.40. The first-order valence-corrected chi connectivity index (χ1v) is 7.92. The molecule has 0 radical (unpaired) electrons. The SMILES string of the molecule is COc1ccc(OC)c(NC(=O)CC(=O)NCc2ccc(Cl)cc2)c1. The molecule has 0 aliphatic heterocycles. The minimum atomic E-state index is -0.444. The molecule has 2 aromatic carbocycles. The summed E-state index contributed by atoms with van der Waals surface area (Å²) in [5.41, 5.74) is 1.34. The highest BCUT2D eigenvalue weighted by molar-refractivity contribution is 6.30. The monoisotopic (exact) mass is 362 g/mol. The second-order valence-electron chi connectivity index (χ2n) is 5.19. The average molecular weight is 363 g/mol. The summed E-state index contributed by atoms with van der Waals surface area (Å²) in [6.45, 7) is 0.325. The molecule has 25 heavy (non-hydrogen) atoms. The highest BCUT2D eigenvalue weighted by atomic mass is 35.5. The molecule has 0 aliphatic carbocycles. The maximum atomic E-state index is 12.1. The summed E-state index contributed by atoms with van der Waals surface area (Å²) in [5.74, 6) is 0.230. The van der Waals surface area contributed by atoms with Gasteiger partial charge in [-0.2, -0.15) is 0 Å². The van der Waals surface area contributed by atoms with Crippen LogP contribution in [0.15, 0.2) is 42.5 Å². The van der Waals surface area contributed by atoms with Crippen molar-refractivity contribution in [3.63, 3.8) is 0 Å². The van der Waals surface area contributed by atoms with Crippen LogP contribution in [0.2, 0.25) is 5.02 Å². The predicted octanol–water partition coefficient (Wildman–Crippen LogP) is 3.00. The lowest BCUT2D eigenvalue weighted by Gasteiger charge is -2.12. The molecule has 0 unspecified atom stereocenters. The van der Waals surface area contributed by atoms with E-state index in [0.29, 0.717) is 28.8 Å². The molecule has 0 aromatic heterocycles. The lowest BCUT2D eigenvalue weighted by molar-refractivity contribution is -0.126. The van der Waals surface area contributed by atoms with E-state index < -0.39 is 5.91 Å². The van der Waals surface area contributed by atoms with Crippen LogP contribution in [0.4, 0.5) is 5.69 Å². The van der Waals surface area contributed by atoms with Crippen LogP contribution >= 0.6 is 11.6 Å². The van der Waals surface area contributed by atoms with Gasteiger partial charge in [0.2, 0.25) is 11.8 Å². The highest BCUT2D eigenvalue weighted by Crippen LogP contribution is 2.28. The number of ether oxygens (including phenoxy) is 2. The Balaban J connectivity index is 1.89. The zero-order valence-corrected chi connectivity index (χ0v) is 14.7. The molecule has 0 aliphatic rings. The number of hydrogen-bond donors (Lipinski definition) is 2. The van der Waals surface area contributed by atoms with E-state index in [2.05, 4.69) is 10.6 Å². The summed E-state index contributed by atoms with van der Waals surface area (Å²) < 4.78 is 10.3. The normalized spacial score (nSPS) is 10.0. The smallest absolute Gasteiger partial charge is 0.233 e. The fourth-order valence-electron chi connectivity index (χ4n) is 2.12. The van der Waals surface area contributed by atoms with Crippen molar-refractivity contribution < 1.29 is 19.1 Å². The molecule has 132 valence electrons. The van der Waals surface area contributed by atoms with Crippen LogP contribution in [0, 0.1) is 0 Å². The molecule has 0 bridgehead atoms. The third kappa shape index (κ3) is 5.69. The Morgan fingerprint density at radius 1 is 1.00 bits per heavy atom. The number of carbonyl (C=O) groups excluding carboxylic acids is 2. The number of methoxy groups -OCH3 is 2. The van der Waals surface area contributed by atoms with Crippen molar-refractivity contribution in [2.24, 2.45) is 0 Å². The zero-order valence-electron chi connectivity index (χ0n) is 14.0. The largest absolute Gasteiger partial charge is 0.497 e. The number of carbonyl (C=O) groups is 2. The summed E-state index contributed by atoms with van der Waals surface area (Å²) in [5, 5.41) is 5.96. The van der Waals surface area contributed by atoms with Crippen LogP contribution in [-0.2, 0) is 16.1 Å². The molecule has 0 saturated heterocycles. The van der Waals surface area contributed by atoms with Crippen molar-refractivity contribution in [2.75, 3.05) is 19.5 Å². The minimum absolute atomic E-state index is 0.298. The van der Waals surface area contributed by atoms with Gasteiger partial charge in [0.15, 0.2) is 0 Å². The number of nitrogens with one attached hydrogen (secondary N) is 2. The number of anilines is 1. The molecule has 0 fully saturated rings. The quantitative estimate of drug-likeness (QED) is 0.742.